The van der Waals surface area contributed by atoms with Crippen LogP contribution < -0.4 is 5.32 Å². The van der Waals surface area contributed by atoms with Crippen LogP contribution >= 0.6 is 0 Å². The summed E-state index contributed by atoms with van der Waals surface area (Å²) < 4.78 is 0. The number of nitro benzene ring substituents is 1. The number of rotatable bonds is 2. The van der Waals surface area contributed by atoms with Gasteiger partial charge in [-0.1, -0.05) is 68.5 Å². The molecule has 3 aromatic carbocycles. The van der Waals surface area contributed by atoms with Crippen molar-refractivity contribution in [3.05, 3.63) is 93.7 Å². The summed E-state index contributed by atoms with van der Waals surface area (Å²) in [5, 5.41) is 16.9. The Morgan fingerprint density at radius 1 is 1.00 bits per heavy atom. The van der Waals surface area contributed by atoms with Crippen molar-refractivity contribution in [3.8, 4) is 0 Å². The van der Waals surface area contributed by atoms with Gasteiger partial charge in [-0.25, -0.2) is 0 Å². The lowest BCUT2D eigenvalue weighted by Crippen LogP contribution is -2.39. The predicted octanol–water partition coefficient (Wildman–Crippen LogP) is 5.80. The fourth-order valence-electron chi connectivity index (χ4n) is 4.96. The normalized spacial score (nSPS) is 21.9. The lowest BCUT2D eigenvalue weighted by Gasteiger charge is -2.41. The molecule has 0 radical (unpaired) electrons. The molecule has 2 atom stereocenters. The third-order valence-electron chi connectivity index (χ3n) is 6.22. The summed E-state index contributed by atoms with van der Waals surface area (Å²) >= 11 is 0. The van der Waals surface area contributed by atoms with Crippen LogP contribution in [-0.4, -0.2) is 10.7 Å². The molecule has 30 heavy (non-hydrogen) atoms. The lowest BCUT2D eigenvalue weighted by atomic mass is 9.66. The number of hydrogen-bond donors (Lipinski definition) is 1. The van der Waals surface area contributed by atoms with E-state index in [9.17, 15) is 14.9 Å². The number of fused-ring (bicyclic) bond motifs is 4. The fourth-order valence-corrected chi connectivity index (χ4v) is 4.96. The van der Waals surface area contributed by atoms with Crippen molar-refractivity contribution in [1.29, 1.82) is 0 Å². The van der Waals surface area contributed by atoms with Crippen molar-refractivity contribution in [1.82, 2.24) is 0 Å². The quantitative estimate of drug-likeness (QED) is 0.437. The monoisotopic (exact) mass is 398 g/mol. The maximum absolute atomic E-state index is 13.3. The Morgan fingerprint density at radius 2 is 1.73 bits per heavy atom. The Balaban J connectivity index is 1.76. The molecule has 2 aliphatic rings. The minimum atomic E-state index is -0.396. The van der Waals surface area contributed by atoms with E-state index in [2.05, 4.69) is 49.5 Å². The highest BCUT2D eigenvalue weighted by Gasteiger charge is 2.44. The van der Waals surface area contributed by atoms with Gasteiger partial charge >= 0.3 is 0 Å². The van der Waals surface area contributed by atoms with Crippen LogP contribution in [-0.2, 0) is 4.79 Å². The van der Waals surface area contributed by atoms with Crippen molar-refractivity contribution in [2.45, 2.75) is 26.2 Å². The zero-order chi connectivity index (χ0) is 21.0. The van der Waals surface area contributed by atoms with Gasteiger partial charge in [-0.3, -0.25) is 14.9 Å². The molecule has 0 amide bonds. The number of nitrogens with one attached hydrogen (secondary N) is 1. The number of nitrogens with zero attached hydrogens (tertiary/aromatic N) is 1. The smallest absolute Gasteiger partial charge is 0.269 e. The number of anilines is 1. The molecule has 150 valence electrons. The standard InChI is InChI=1S/C25H22N2O3/c1-25(2)13-20-23(21(28)14-25)22(16-7-10-17(11-8-16)27(29)30)19-12-9-15-5-3-4-6-18(15)24(19)26-20/h3-13,22-23,26H,14H2,1-2H3. The predicted molar refractivity (Wildman–Crippen MR) is 117 cm³/mol. The van der Waals surface area contributed by atoms with Crippen LogP contribution in [0.2, 0.25) is 0 Å². The zero-order valence-corrected chi connectivity index (χ0v) is 16.9. The van der Waals surface area contributed by atoms with E-state index in [-0.39, 0.29) is 28.7 Å². The highest BCUT2D eigenvalue weighted by molar-refractivity contribution is 6.00. The maximum atomic E-state index is 13.3. The topological polar surface area (TPSA) is 72.2 Å². The van der Waals surface area contributed by atoms with Gasteiger partial charge in [0.15, 0.2) is 0 Å². The van der Waals surface area contributed by atoms with Crippen molar-refractivity contribution in [3.63, 3.8) is 0 Å². The van der Waals surface area contributed by atoms with E-state index in [0.29, 0.717) is 6.42 Å². The molecule has 1 N–H and O–H groups in total. The molecule has 1 aliphatic carbocycles. The Morgan fingerprint density at radius 3 is 2.47 bits per heavy atom. The largest absolute Gasteiger partial charge is 0.358 e. The number of nitro groups is 1. The Kier molecular flexibility index (Phi) is 4.03. The molecule has 5 nitrogen and oxygen atoms in total. The molecular weight excluding hydrogens is 376 g/mol. The SMILES string of the molecule is CC1(C)C=C2Nc3c(ccc4ccccc34)C(c3ccc([N+](=O)[O-])cc3)C2C(=O)C1. The van der Waals surface area contributed by atoms with E-state index < -0.39 is 4.92 Å². The molecule has 1 aliphatic heterocycles. The summed E-state index contributed by atoms with van der Waals surface area (Å²) in [6.45, 7) is 4.16. The minimum absolute atomic E-state index is 0.0540. The molecule has 1 heterocycles. The van der Waals surface area contributed by atoms with E-state index in [0.717, 1.165) is 33.3 Å². The van der Waals surface area contributed by atoms with Gasteiger partial charge in [0.2, 0.25) is 0 Å². The van der Waals surface area contributed by atoms with Gasteiger partial charge in [0.05, 0.1) is 16.5 Å². The Hall–Kier alpha value is -3.47. The molecule has 0 aromatic heterocycles. The molecule has 0 fully saturated rings. The number of ketones is 1. The molecular formula is C25H22N2O3. The van der Waals surface area contributed by atoms with E-state index in [4.69, 9.17) is 0 Å². The maximum Gasteiger partial charge on any atom is 0.269 e. The number of benzene rings is 3. The molecule has 0 spiro atoms. The molecule has 2 unspecified atom stereocenters. The third-order valence-corrected chi connectivity index (χ3v) is 6.22. The second-order valence-corrected chi connectivity index (χ2v) is 8.91. The van der Waals surface area contributed by atoms with Crippen LogP contribution in [0.1, 0.15) is 37.3 Å². The number of non-ortho nitro benzene ring substituents is 1. The summed E-state index contributed by atoms with van der Waals surface area (Å²) in [6.07, 6.45) is 2.66. The van der Waals surface area contributed by atoms with Crippen molar-refractivity contribution in [2.24, 2.45) is 11.3 Å². The third kappa shape index (κ3) is 2.89. The summed E-state index contributed by atoms with van der Waals surface area (Å²) in [5.41, 5.74) is 3.77. The second-order valence-electron chi connectivity index (χ2n) is 8.91. The van der Waals surface area contributed by atoms with Gasteiger partial charge in [-0.05, 0) is 21.9 Å². The van der Waals surface area contributed by atoms with Gasteiger partial charge in [-0.15, -0.1) is 0 Å². The van der Waals surface area contributed by atoms with Crippen LogP contribution in [0, 0.1) is 21.4 Å². The first-order chi connectivity index (χ1) is 14.3. The molecule has 0 bridgehead atoms. The second kappa shape index (κ2) is 6.52. The Labute approximate surface area is 174 Å². The summed E-state index contributed by atoms with van der Waals surface area (Å²) in [4.78, 5) is 24.0. The molecule has 5 heteroatoms. The average Bonchev–Trinajstić information content (AvgIpc) is 2.71. The highest BCUT2D eigenvalue weighted by atomic mass is 16.6. The molecule has 3 aromatic rings. The van der Waals surface area contributed by atoms with Gasteiger partial charge < -0.3 is 5.32 Å². The summed E-state index contributed by atoms with van der Waals surface area (Å²) in [5.74, 6) is -0.290. The summed E-state index contributed by atoms with van der Waals surface area (Å²) in [6, 6.07) is 19.0. The van der Waals surface area contributed by atoms with E-state index in [1.54, 1.807) is 12.1 Å². The number of carbonyl (C=O) groups is 1. The minimum Gasteiger partial charge on any atom is -0.358 e. The van der Waals surface area contributed by atoms with E-state index in [1.165, 1.54) is 12.1 Å². The molecule has 0 saturated carbocycles. The van der Waals surface area contributed by atoms with Crippen molar-refractivity contribution >= 4 is 27.9 Å². The van der Waals surface area contributed by atoms with Crippen LogP contribution in [0.3, 0.4) is 0 Å². The first-order valence-corrected chi connectivity index (χ1v) is 10.1. The molecule has 0 saturated heterocycles. The average molecular weight is 398 g/mol. The first kappa shape index (κ1) is 18.6. The van der Waals surface area contributed by atoms with Gasteiger partial charge in [0, 0.05) is 35.6 Å². The zero-order valence-electron chi connectivity index (χ0n) is 16.9. The number of carbonyl (C=O) groups excluding carboxylic acids is 1. The fraction of sp³-hybridized carbons (Fsp3) is 0.240. The first-order valence-electron chi connectivity index (χ1n) is 10.1. The highest BCUT2D eigenvalue weighted by Crippen LogP contribution is 2.51. The van der Waals surface area contributed by atoms with Crippen molar-refractivity contribution < 1.29 is 9.72 Å². The van der Waals surface area contributed by atoms with Gasteiger partial charge in [0.1, 0.15) is 5.78 Å². The number of allylic oxidation sites excluding steroid dienone is 2. The van der Waals surface area contributed by atoms with Crippen LogP contribution in [0.4, 0.5) is 11.4 Å². The van der Waals surface area contributed by atoms with Gasteiger partial charge in [-0.2, -0.15) is 0 Å². The van der Waals surface area contributed by atoms with Gasteiger partial charge in [0.25, 0.3) is 5.69 Å². The van der Waals surface area contributed by atoms with Crippen LogP contribution in [0.5, 0.6) is 0 Å². The number of hydrogen-bond acceptors (Lipinski definition) is 4. The van der Waals surface area contributed by atoms with E-state index >= 15 is 0 Å². The van der Waals surface area contributed by atoms with E-state index in [1.807, 2.05) is 12.1 Å². The summed E-state index contributed by atoms with van der Waals surface area (Å²) in [7, 11) is 0. The Bertz CT molecular complexity index is 1220. The number of Topliss-reactive ketones (excluding diaryl/α,β-unsaturated/α-hetero) is 1. The van der Waals surface area contributed by atoms with Crippen LogP contribution in [0.25, 0.3) is 10.8 Å². The molecule has 5 rings (SSSR count). The van der Waals surface area contributed by atoms with Crippen molar-refractivity contribution in [2.75, 3.05) is 5.32 Å². The van der Waals surface area contributed by atoms with Crippen LogP contribution in [0.15, 0.2) is 72.4 Å². The lowest BCUT2D eigenvalue weighted by molar-refractivity contribution is -0.384.